The Hall–Kier alpha value is -0.910. The minimum atomic E-state index is 0.144. The number of aryl methyl sites for hydroxylation is 1. The van der Waals surface area contributed by atoms with Gasteiger partial charge in [-0.05, 0) is 31.9 Å². The van der Waals surface area contributed by atoms with E-state index in [1.807, 2.05) is 10.9 Å². The van der Waals surface area contributed by atoms with Crippen molar-refractivity contribution in [1.82, 2.24) is 15.1 Å². The summed E-state index contributed by atoms with van der Waals surface area (Å²) in [5, 5.41) is 7.90. The second-order valence-corrected chi connectivity index (χ2v) is 4.95. The summed E-state index contributed by atoms with van der Waals surface area (Å²) >= 11 is 0. The van der Waals surface area contributed by atoms with E-state index in [9.17, 15) is 0 Å². The summed E-state index contributed by atoms with van der Waals surface area (Å²) in [5.74, 6) is 0. The Morgan fingerprint density at radius 2 is 2.37 bits per heavy atom. The van der Waals surface area contributed by atoms with Gasteiger partial charge in [-0.2, -0.15) is 5.10 Å². The second-order valence-electron chi connectivity index (χ2n) is 4.95. The van der Waals surface area contributed by atoms with Crippen molar-refractivity contribution in [3.8, 4) is 0 Å². The van der Waals surface area contributed by atoms with Gasteiger partial charge in [0.1, 0.15) is 0 Å². The van der Waals surface area contributed by atoms with Crippen molar-refractivity contribution >= 4 is 0 Å². The summed E-state index contributed by atoms with van der Waals surface area (Å²) in [6, 6.07) is 0.301. The predicted molar refractivity (Wildman–Crippen MR) is 74.2 cm³/mol. The molecule has 19 heavy (non-hydrogen) atoms. The fraction of sp³-hybridized carbons (Fsp3) is 0.786. The molecule has 1 aliphatic rings. The Morgan fingerprint density at radius 1 is 1.47 bits per heavy atom. The maximum absolute atomic E-state index is 5.83. The first kappa shape index (κ1) is 14.5. The molecule has 5 heteroatoms. The standard InChI is InChI=1S/C14H25N3O2/c1-3-5-15-13(14-11-18-6-7-19-14)8-12-9-16-17(4-2)10-12/h9-10,13-15H,3-8,11H2,1-2H3. The lowest BCUT2D eigenvalue weighted by atomic mass is 10.0. The van der Waals surface area contributed by atoms with Gasteiger partial charge in [0.15, 0.2) is 0 Å². The van der Waals surface area contributed by atoms with Crippen LogP contribution in [0.3, 0.4) is 0 Å². The number of hydrogen-bond acceptors (Lipinski definition) is 4. The Morgan fingerprint density at radius 3 is 3.00 bits per heavy atom. The fourth-order valence-corrected chi connectivity index (χ4v) is 2.34. The Kier molecular flexibility index (Phi) is 5.82. The zero-order chi connectivity index (χ0) is 13.5. The van der Waals surface area contributed by atoms with Crippen LogP contribution in [0.15, 0.2) is 12.4 Å². The van der Waals surface area contributed by atoms with Crippen molar-refractivity contribution in [1.29, 1.82) is 0 Å². The van der Waals surface area contributed by atoms with Gasteiger partial charge in [0.2, 0.25) is 0 Å². The van der Waals surface area contributed by atoms with E-state index in [0.717, 1.165) is 25.9 Å². The molecule has 0 radical (unpaired) electrons. The molecule has 0 amide bonds. The van der Waals surface area contributed by atoms with E-state index in [1.54, 1.807) is 0 Å². The van der Waals surface area contributed by atoms with Crippen molar-refractivity contribution in [2.24, 2.45) is 0 Å². The highest BCUT2D eigenvalue weighted by Crippen LogP contribution is 2.12. The van der Waals surface area contributed by atoms with Crippen LogP contribution in [0.4, 0.5) is 0 Å². The van der Waals surface area contributed by atoms with Gasteiger partial charge in [-0.3, -0.25) is 4.68 Å². The minimum Gasteiger partial charge on any atom is -0.376 e. The molecule has 0 spiro atoms. The van der Waals surface area contributed by atoms with Gasteiger partial charge in [0, 0.05) is 18.8 Å². The second kappa shape index (κ2) is 7.62. The van der Waals surface area contributed by atoms with E-state index in [1.165, 1.54) is 5.56 Å². The molecule has 0 saturated carbocycles. The highest BCUT2D eigenvalue weighted by molar-refractivity contribution is 5.07. The monoisotopic (exact) mass is 267 g/mol. The lowest BCUT2D eigenvalue weighted by Crippen LogP contribution is -2.48. The first-order chi connectivity index (χ1) is 9.33. The maximum Gasteiger partial charge on any atom is 0.0965 e. The molecular weight excluding hydrogens is 242 g/mol. The van der Waals surface area contributed by atoms with Gasteiger partial charge in [-0.15, -0.1) is 0 Å². The molecule has 1 aromatic heterocycles. The number of hydrogen-bond donors (Lipinski definition) is 1. The number of nitrogens with one attached hydrogen (secondary N) is 1. The number of nitrogens with zero attached hydrogens (tertiary/aromatic N) is 2. The molecule has 2 unspecified atom stereocenters. The zero-order valence-corrected chi connectivity index (χ0v) is 12.0. The van der Waals surface area contributed by atoms with Crippen molar-refractivity contribution in [3.05, 3.63) is 18.0 Å². The Labute approximate surface area is 115 Å². The van der Waals surface area contributed by atoms with E-state index in [2.05, 4.69) is 30.5 Å². The summed E-state index contributed by atoms with van der Waals surface area (Å²) in [7, 11) is 0. The minimum absolute atomic E-state index is 0.144. The van der Waals surface area contributed by atoms with Crippen LogP contribution < -0.4 is 5.32 Å². The first-order valence-electron chi connectivity index (χ1n) is 7.27. The smallest absolute Gasteiger partial charge is 0.0965 e. The highest BCUT2D eigenvalue weighted by atomic mass is 16.6. The van der Waals surface area contributed by atoms with Crippen LogP contribution in [-0.4, -0.2) is 48.3 Å². The van der Waals surface area contributed by atoms with Crippen LogP contribution in [-0.2, 0) is 22.4 Å². The van der Waals surface area contributed by atoms with Crippen LogP contribution in [0.5, 0.6) is 0 Å². The average molecular weight is 267 g/mol. The van der Waals surface area contributed by atoms with Gasteiger partial charge in [-0.25, -0.2) is 0 Å². The summed E-state index contributed by atoms with van der Waals surface area (Å²) in [6.07, 6.45) is 6.27. The quantitative estimate of drug-likeness (QED) is 0.807. The van der Waals surface area contributed by atoms with Crippen molar-refractivity contribution in [2.75, 3.05) is 26.4 Å². The largest absolute Gasteiger partial charge is 0.376 e. The number of aromatic nitrogens is 2. The van der Waals surface area contributed by atoms with E-state index in [0.29, 0.717) is 25.9 Å². The van der Waals surface area contributed by atoms with E-state index >= 15 is 0 Å². The molecule has 1 saturated heterocycles. The lowest BCUT2D eigenvalue weighted by Gasteiger charge is -2.31. The molecule has 0 aliphatic carbocycles. The van der Waals surface area contributed by atoms with Crippen LogP contribution >= 0.6 is 0 Å². The first-order valence-corrected chi connectivity index (χ1v) is 7.27. The molecule has 1 aromatic rings. The van der Waals surface area contributed by atoms with E-state index < -0.39 is 0 Å². The predicted octanol–water partition coefficient (Wildman–Crippen LogP) is 1.23. The number of rotatable bonds is 7. The Balaban J connectivity index is 1.95. The SMILES string of the molecule is CCCNC(Cc1cnn(CC)c1)C1COCCO1. The van der Waals surface area contributed by atoms with E-state index in [-0.39, 0.29) is 6.10 Å². The molecule has 0 bridgehead atoms. The Bertz CT molecular complexity index is 361. The van der Waals surface area contributed by atoms with Gasteiger partial charge >= 0.3 is 0 Å². The fourth-order valence-electron chi connectivity index (χ4n) is 2.34. The average Bonchev–Trinajstić information content (AvgIpc) is 2.92. The highest BCUT2D eigenvalue weighted by Gasteiger charge is 2.25. The number of ether oxygens (including phenoxy) is 2. The van der Waals surface area contributed by atoms with E-state index in [4.69, 9.17) is 9.47 Å². The summed E-state index contributed by atoms with van der Waals surface area (Å²) in [4.78, 5) is 0. The van der Waals surface area contributed by atoms with Crippen LogP contribution in [0.25, 0.3) is 0 Å². The maximum atomic E-state index is 5.83. The van der Waals surface area contributed by atoms with Crippen LogP contribution in [0, 0.1) is 0 Å². The summed E-state index contributed by atoms with van der Waals surface area (Å²) in [5.41, 5.74) is 1.25. The third-order valence-corrected chi connectivity index (χ3v) is 3.41. The van der Waals surface area contributed by atoms with Crippen molar-refractivity contribution < 1.29 is 9.47 Å². The third-order valence-electron chi connectivity index (χ3n) is 3.41. The molecule has 1 fully saturated rings. The molecule has 2 rings (SSSR count). The van der Waals surface area contributed by atoms with Gasteiger partial charge < -0.3 is 14.8 Å². The van der Waals surface area contributed by atoms with Crippen LogP contribution in [0.1, 0.15) is 25.8 Å². The van der Waals surface area contributed by atoms with Gasteiger partial charge in [-0.1, -0.05) is 6.92 Å². The summed E-state index contributed by atoms with van der Waals surface area (Å²) in [6.45, 7) is 8.29. The third kappa shape index (κ3) is 4.30. The zero-order valence-electron chi connectivity index (χ0n) is 12.0. The molecule has 2 heterocycles. The topological polar surface area (TPSA) is 48.3 Å². The van der Waals surface area contributed by atoms with Gasteiger partial charge in [0.05, 0.1) is 32.1 Å². The van der Waals surface area contributed by atoms with Crippen molar-refractivity contribution in [3.63, 3.8) is 0 Å². The molecule has 1 N–H and O–H groups in total. The molecule has 1 aliphatic heterocycles. The molecule has 0 aromatic carbocycles. The molecular formula is C14H25N3O2. The molecule has 2 atom stereocenters. The van der Waals surface area contributed by atoms with Crippen molar-refractivity contribution in [2.45, 2.75) is 45.4 Å². The molecule has 108 valence electrons. The summed E-state index contributed by atoms with van der Waals surface area (Å²) < 4.78 is 13.3. The lowest BCUT2D eigenvalue weighted by molar-refractivity contribution is -0.101. The van der Waals surface area contributed by atoms with Crippen LogP contribution in [0.2, 0.25) is 0 Å². The normalized spacial score (nSPS) is 21.5. The molecule has 5 nitrogen and oxygen atoms in total. The van der Waals surface area contributed by atoms with Gasteiger partial charge in [0.25, 0.3) is 0 Å².